The molecular weight excluding hydrogens is 312 g/mol. The summed E-state index contributed by atoms with van der Waals surface area (Å²) in [6.45, 7) is 9.04. The number of amides is 1. The van der Waals surface area contributed by atoms with Gasteiger partial charge in [-0.2, -0.15) is 5.26 Å². The fourth-order valence-electron chi connectivity index (χ4n) is 2.88. The summed E-state index contributed by atoms with van der Waals surface area (Å²) in [5, 5.41) is 22.5. The number of rotatable bonds is 3. The van der Waals surface area contributed by atoms with Crippen molar-refractivity contribution in [3.05, 3.63) is 33.6 Å². The van der Waals surface area contributed by atoms with Crippen molar-refractivity contribution in [1.82, 2.24) is 10.3 Å². The monoisotopic (exact) mass is 332 g/mol. The van der Waals surface area contributed by atoms with Crippen LogP contribution in [0.25, 0.3) is 10.8 Å². The molecular formula is C17H20N2O5. The molecule has 1 amide bonds. The summed E-state index contributed by atoms with van der Waals surface area (Å²) in [5.41, 5.74) is 4.48. The van der Waals surface area contributed by atoms with Gasteiger partial charge in [0.1, 0.15) is 6.54 Å². The number of aromatic hydroxyl groups is 1. The van der Waals surface area contributed by atoms with Crippen LogP contribution in [0.5, 0.6) is 5.75 Å². The highest BCUT2D eigenvalue weighted by atomic mass is 17.1. The second kappa shape index (κ2) is 6.45. The standard InChI is InChI=1S/C17H20N2O5/c1-7-8(2)10(4)14-13(9(7)3)11(5)19-15(16(14)21)17(22)18-6-12(20)24-23/h21,23H,6H2,1-5H3,(H,18,22). The van der Waals surface area contributed by atoms with Gasteiger partial charge >= 0.3 is 5.97 Å². The van der Waals surface area contributed by atoms with Crippen LogP contribution in [0.2, 0.25) is 0 Å². The summed E-state index contributed by atoms with van der Waals surface area (Å²) in [4.78, 5) is 30.8. The van der Waals surface area contributed by atoms with E-state index in [-0.39, 0.29) is 11.4 Å². The summed E-state index contributed by atoms with van der Waals surface area (Å²) in [6.07, 6.45) is 0. The Morgan fingerprint density at radius 2 is 1.54 bits per heavy atom. The quantitative estimate of drug-likeness (QED) is 0.587. The van der Waals surface area contributed by atoms with E-state index in [1.165, 1.54) is 0 Å². The van der Waals surface area contributed by atoms with E-state index in [2.05, 4.69) is 15.2 Å². The van der Waals surface area contributed by atoms with Crippen LogP contribution in [0.3, 0.4) is 0 Å². The van der Waals surface area contributed by atoms with E-state index in [9.17, 15) is 14.7 Å². The van der Waals surface area contributed by atoms with E-state index in [0.717, 1.165) is 27.6 Å². The van der Waals surface area contributed by atoms with E-state index in [1.54, 1.807) is 6.92 Å². The van der Waals surface area contributed by atoms with Gasteiger partial charge in [-0.15, -0.1) is 0 Å². The van der Waals surface area contributed by atoms with Gasteiger partial charge in [0.15, 0.2) is 11.4 Å². The predicted octanol–water partition coefficient (Wildman–Crippen LogP) is 2.23. The van der Waals surface area contributed by atoms with Crippen LogP contribution < -0.4 is 5.32 Å². The average molecular weight is 332 g/mol. The third kappa shape index (κ3) is 2.78. The largest absolute Gasteiger partial charge is 0.505 e. The fourth-order valence-corrected chi connectivity index (χ4v) is 2.88. The third-order valence-corrected chi connectivity index (χ3v) is 4.50. The highest BCUT2D eigenvalue weighted by Crippen LogP contribution is 2.37. The lowest BCUT2D eigenvalue weighted by atomic mass is 9.90. The molecule has 0 aliphatic heterocycles. The number of nitrogens with zero attached hydrogens (tertiary/aromatic N) is 1. The number of nitrogens with one attached hydrogen (secondary N) is 1. The van der Waals surface area contributed by atoms with Gasteiger partial charge in [-0.25, -0.2) is 9.78 Å². The Kier molecular flexibility index (Phi) is 4.75. The molecule has 0 aliphatic rings. The molecule has 0 radical (unpaired) electrons. The maximum absolute atomic E-state index is 12.2. The van der Waals surface area contributed by atoms with Crippen LogP contribution in [-0.2, 0) is 9.68 Å². The van der Waals surface area contributed by atoms with Crippen molar-refractivity contribution in [3.8, 4) is 5.75 Å². The molecule has 2 aromatic rings. The molecule has 1 aromatic carbocycles. The zero-order valence-electron chi connectivity index (χ0n) is 14.3. The highest BCUT2D eigenvalue weighted by molar-refractivity contribution is 6.05. The van der Waals surface area contributed by atoms with Crippen LogP contribution in [0.15, 0.2) is 0 Å². The normalized spacial score (nSPS) is 10.8. The summed E-state index contributed by atoms with van der Waals surface area (Å²) in [6, 6.07) is 0. The minimum absolute atomic E-state index is 0.170. The first-order valence-corrected chi connectivity index (χ1v) is 7.42. The molecule has 1 aromatic heterocycles. The third-order valence-electron chi connectivity index (χ3n) is 4.50. The number of pyridine rings is 1. The van der Waals surface area contributed by atoms with Crippen molar-refractivity contribution >= 4 is 22.6 Å². The smallest absolute Gasteiger partial charge is 0.360 e. The fraction of sp³-hybridized carbons (Fsp3) is 0.353. The minimum atomic E-state index is -1.01. The summed E-state index contributed by atoms with van der Waals surface area (Å²) < 4.78 is 0. The first-order chi connectivity index (χ1) is 11.2. The van der Waals surface area contributed by atoms with Gasteiger partial charge in [-0.05, 0) is 56.9 Å². The van der Waals surface area contributed by atoms with E-state index >= 15 is 0 Å². The molecule has 24 heavy (non-hydrogen) atoms. The molecule has 3 N–H and O–H groups in total. The molecule has 0 saturated heterocycles. The molecule has 0 fully saturated rings. The van der Waals surface area contributed by atoms with Crippen molar-refractivity contribution in [2.45, 2.75) is 34.6 Å². The van der Waals surface area contributed by atoms with Gasteiger partial charge in [0.2, 0.25) is 0 Å². The average Bonchev–Trinajstić information content (AvgIpc) is 2.56. The lowest BCUT2D eigenvalue weighted by molar-refractivity contribution is -0.232. The van der Waals surface area contributed by atoms with Gasteiger partial charge in [0.05, 0.1) is 0 Å². The number of aryl methyl sites for hydroxylation is 3. The molecule has 7 nitrogen and oxygen atoms in total. The Labute approximate surface area is 139 Å². The maximum Gasteiger partial charge on any atom is 0.360 e. The van der Waals surface area contributed by atoms with Crippen LogP contribution in [-0.4, -0.2) is 33.8 Å². The van der Waals surface area contributed by atoms with Gasteiger partial charge in [-0.3, -0.25) is 9.68 Å². The Balaban J connectivity index is 2.65. The van der Waals surface area contributed by atoms with E-state index in [4.69, 9.17) is 5.26 Å². The van der Waals surface area contributed by atoms with Crippen LogP contribution >= 0.6 is 0 Å². The van der Waals surface area contributed by atoms with E-state index < -0.39 is 18.4 Å². The molecule has 7 heteroatoms. The summed E-state index contributed by atoms with van der Waals surface area (Å²) in [5.74, 6) is -1.97. The SMILES string of the molecule is Cc1c(C)c(C)c2c(O)c(C(=O)NCC(=O)OO)nc(C)c2c1C. The number of fused-ring (bicyclic) bond motifs is 1. The molecule has 0 spiro atoms. The van der Waals surface area contributed by atoms with Gasteiger partial charge in [-0.1, -0.05) is 0 Å². The second-order valence-corrected chi connectivity index (χ2v) is 5.79. The number of hydrogen-bond donors (Lipinski definition) is 3. The van der Waals surface area contributed by atoms with Crippen molar-refractivity contribution in [3.63, 3.8) is 0 Å². The van der Waals surface area contributed by atoms with Crippen LogP contribution in [0, 0.1) is 34.6 Å². The number of benzene rings is 1. The first-order valence-electron chi connectivity index (χ1n) is 7.42. The van der Waals surface area contributed by atoms with Crippen molar-refractivity contribution in [2.24, 2.45) is 0 Å². The van der Waals surface area contributed by atoms with Crippen molar-refractivity contribution in [1.29, 1.82) is 0 Å². The first kappa shape index (κ1) is 17.7. The zero-order valence-corrected chi connectivity index (χ0v) is 14.3. The predicted molar refractivity (Wildman–Crippen MR) is 88.1 cm³/mol. The second-order valence-electron chi connectivity index (χ2n) is 5.79. The molecule has 0 saturated carbocycles. The van der Waals surface area contributed by atoms with Gasteiger partial charge in [0.25, 0.3) is 5.91 Å². The Morgan fingerprint density at radius 3 is 2.08 bits per heavy atom. The number of carbonyl (C=O) groups is 2. The summed E-state index contributed by atoms with van der Waals surface area (Å²) in [7, 11) is 0. The topological polar surface area (TPSA) is 109 Å². The Bertz CT molecular complexity index is 858. The highest BCUT2D eigenvalue weighted by Gasteiger charge is 2.22. The molecule has 1 heterocycles. The number of carbonyl (C=O) groups excluding carboxylic acids is 2. The molecule has 128 valence electrons. The lowest BCUT2D eigenvalue weighted by Gasteiger charge is -2.18. The van der Waals surface area contributed by atoms with E-state index in [1.807, 2.05) is 27.7 Å². The number of aromatic nitrogens is 1. The Hall–Kier alpha value is -2.67. The van der Waals surface area contributed by atoms with Gasteiger partial charge < -0.3 is 10.4 Å². The minimum Gasteiger partial charge on any atom is -0.505 e. The van der Waals surface area contributed by atoms with Crippen LogP contribution in [0.4, 0.5) is 0 Å². The lowest BCUT2D eigenvalue weighted by Crippen LogP contribution is -2.31. The zero-order chi connectivity index (χ0) is 18.2. The van der Waals surface area contributed by atoms with Crippen molar-refractivity contribution < 1.29 is 24.8 Å². The summed E-state index contributed by atoms with van der Waals surface area (Å²) >= 11 is 0. The molecule has 0 atom stereocenters. The van der Waals surface area contributed by atoms with Crippen LogP contribution in [0.1, 0.15) is 38.4 Å². The molecule has 0 unspecified atom stereocenters. The van der Waals surface area contributed by atoms with E-state index in [0.29, 0.717) is 11.1 Å². The Morgan fingerprint density at radius 1 is 1.00 bits per heavy atom. The molecule has 0 bridgehead atoms. The molecule has 2 rings (SSSR count). The molecule has 0 aliphatic carbocycles. The van der Waals surface area contributed by atoms with Crippen molar-refractivity contribution in [2.75, 3.05) is 6.54 Å². The maximum atomic E-state index is 12.2. The van der Waals surface area contributed by atoms with Gasteiger partial charge in [0, 0.05) is 16.5 Å². The number of hydrogen-bond acceptors (Lipinski definition) is 6.